The molecule has 0 unspecified atom stereocenters. The molecule has 2 fully saturated rings. The molecular formula is C12H22O11. The lowest BCUT2D eigenvalue weighted by molar-refractivity contribution is -0.355. The Morgan fingerprint density at radius 2 is 1.22 bits per heavy atom. The molecule has 2 aliphatic heterocycles. The summed E-state index contributed by atoms with van der Waals surface area (Å²) in [7, 11) is 0. The van der Waals surface area contributed by atoms with Crippen LogP contribution in [0.15, 0.2) is 0 Å². The van der Waals surface area contributed by atoms with Crippen molar-refractivity contribution in [2.24, 2.45) is 0 Å². The van der Waals surface area contributed by atoms with Gasteiger partial charge in [0.2, 0.25) is 0 Å². The second kappa shape index (κ2) is 7.63. The molecule has 11 nitrogen and oxygen atoms in total. The highest BCUT2D eigenvalue weighted by molar-refractivity contribution is 4.93. The van der Waals surface area contributed by atoms with Crippen molar-refractivity contribution in [3.8, 4) is 0 Å². The highest BCUT2D eigenvalue weighted by atomic mass is 16.7. The van der Waals surface area contributed by atoms with E-state index in [0.29, 0.717) is 0 Å². The van der Waals surface area contributed by atoms with Crippen LogP contribution in [0.25, 0.3) is 0 Å². The van der Waals surface area contributed by atoms with E-state index in [1.807, 2.05) is 0 Å². The number of hydrogen-bond acceptors (Lipinski definition) is 11. The van der Waals surface area contributed by atoms with Crippen LogP contribution in [0.2, 0.25) is 0 Å². The molecule has 11 heteroatoms. The molecule has 0 amide bonds. The Bertz CT molecular complexity index is 380. The standard InChI is InChI=1S/C12H22O11/c13-1-3-5(15)7(17)8(18)12(22-3)23-10-6(16)4(2-14)21-11(20)9(10)19/h3-20H,1-2H2/t3-,4-,5-,6+,7+,8+,9+,10+,11+,12-/m1/s1. The molecule has 0 aliphatic carbocycles. The van der Waals surface area contributed by atoms with Crippen molar-refractivity contribution < 1.29 is 55.1 Å². The van der Waals surface area contributed by atoms with E-state index >= 15 is 0 Å². The largest absolute Gasteiger partial charge is 0.394 e. The van der Waals surface area contributed by atoms with Crippen LogP contribution in [0.3, 0.4) is 0 Å². The third-order valence-electron chi connectivity index (χ3n) is 3.98. The molecule has 2 rings (SSSR count). The topological polar surface area (TPSA) is 190 Å². The molecule has 2 aliphatic rings. The highest BCUT2D eigenvalue weighted by Gasteiger charge is 2.50. The van der Waals surface area contributed by atoms with Gasteiger partial charge in [0, 0.05) is 0 Å². The minimum absolute atomic E-state index is 0.667. The zero-order valence-electron chi connectivity index (χ0n) is 12.0. The first-order valence-corrected chi connectivity index (χ1v) is 7.08. The van der Waals surface area contributed by atoms with E-state index in [1.54, 1.807) is 0 Å². The number of hydrogen-bond donors (Lipinski definition) is 8. The fraction of sp³-hybridized carbons (Fsp3) is 1.00. The van der Waals surface area contributed by atoms with Gasteiger partial charge in [-0.05, 0) is 0 Å². The lowest BCUT2D eigenvalue weighted by Crippen LogP contribution is -2.64. The van der Waals surface area contributed by atoms with Gasteiger partial charge < -0.3 is 55.1 Å². The fourth-order valence-corrected chi connectivity index (χ4v) is 2.56. The van der Waals surface area contributed by atoms with Crippen LogP contribution >= 0.6 is 0 Å². The molecule has 0 aromatic carbocycles. The normalized spacial score (nSPS) is 51.7. The van der Waals surface area contributed by atoms with E-state index in [0.717, 1.165) is 0 Å². The lowest BCUT2D eigenvalue weighted by atomic mass is 9.97. The second-order valence-corrected chi connectivity index (χ2v) is 5.53. The van der Waals surface area contributed by atoms with Gasteiger partial charge in [-0.25, -0.2) is 0 Å². The minimum atomic E-state index is -1.76. The smallest absolute Gasteiger partial charge is 0.187 e. The van der Waals surface area contributed by atoms with Gasteiger partial charge in [-0.3, -0.25) is 0 Å². The Labute approximate surface area is 130 Å². The van der Waals surface area contributed by atoms with Crippen molar-refractivity contribution in [2.45, 2.75) is 61.4 Å². The molecule has 0 radical (unpaired) electrons. The van der Waals surface area contributed by atoms with Crippen LogP contribution in [0, 0.1) is 0 Å². The number of aliphatic hydroxyl groups excluding tert-OH is 8. The number of ether oxygens (including phenoxy) is 3. The van der Waals surface area contributed by atoms with Crippen LogP contribution in [0.4, 0.5) is 0 Å². The monoisotopic (exact) mass is 342 g/mol. The SMILES string of the molecule is OC[C@H]1O[C@H](O)[C@@H](O)[C@@H](O[C@H]2O[C@H](CO)[C@@H](O)[C@H](O)[C@@H]2O)[C@H]1O. The summed E-state index contributed by atoms with van der Waals surface area (Å²) in [5.41, 5.74) is 0. The number of rotatable bonds is 4. The first-order valence-electron chi connectivity index (χ1n) is 7.08. The van der Waals surface area contributed by atoms with Crippen molar-refractivity contribution in [1.29, 1.82) is 0 Å². The Morgan fingerprint density at radius 3 is 1.78 bits per heavy atom. The van der Waals surface area contributed by atoms with Gasteiger partial charge in [0.1, 0.15) is 48.8 Å². The fourth-order valence-electron chi connectivity index (χ4n) is 2.56. The molecule has 136 valence electrons. The van der Waals surface area contributed by atoms with Gasteiger partial charge in [0.15, 0.2) is 12.6 Å². The van der Waals surface area contributed by atoms with Gasteiger partial charge in [0.05, 0.1) is 13.2 Å². The Balaban J connectivity index is 2.11. The first kappa shape index (κ1) is 18.9. The summed E-state index contributed by atoms with van der Waals surface area (Å²) in [6.07, 6.45) is -15.7. The van der Waals surface area contributed by atoms with Gasteiger partial charge in [-0.15, -0.1) is 0 Å². The maximum atomic E-state index is 10.00. The second-order valence-electron chi connectivity index (χ2n) is 5.53. The molecule has 0 saturated carbocycles. The van der Waals surface area contributed by atoms with E-state index in [1.165, 1.54) is 0 Å². The first-order chi connectivity index (χ1) is 10.8. The lowest BCUT2D eigenvalue weighted by Gasteiger charge is -2.45. The summed E-state index contributed by atoms with van der Waals surface area (Å²) in [5, 5.41) is 76.8. The average molecular weight is 342 g/mol. The Kier molecular flexibility index (Phi) is 6.27. The molecule has 0 aromatic heterocycles. The molecule has 8 N–H and O–H groups in total. The molecule has 0 spiro atoms. The molecule has 0 bridgehead atoms. The van der Waals surface area contributed by atoms with E-state index in [2.05, 4.69) is 0 Å². The highest BCUT2D eigenvalue weighted by Crippen LogP contribution is 2.28. The summed E-state index contributed by atoms with van der Waals surface area (Å²) in [5.74, 6) is 0. The summed E-state index contributed by atoms with van der Waals surface area (Å²) >= 11 is 0. The van der Waals surface area contributed by atoms with E-state index in [-0.39, 0.29) is 0 Å². The van der Waals surface area contributed by atoms with Crippen LogP contribution in [0.5, 0.6) is 0 Å². The molecule has 10 atom stereocenters. The summed E-state index contributed by atoms with van der Waals surface area (Å²) in [6, 6.07) is 0. The Morgan fingerprint density at radius 1 is 0.652 bits per heavy atom. The van der Waals surface area contributed by atoms with Crippen LogP contribution in [0.1, 0.15) is 0 Å². The Hall–Kier alpha value is -0.440. The van der Waals surface area contributed by atoms with Gasteiger partial charge in [0.25, 0.3) is 0 Å². The number of aliphatic hydroxyl groups is 8. The third-order valence-corrected chi connectivity index (χ3v) is 3.98. The van der Waals surface area contributed by atoms with Crippen LogP contribution in [-0.4, -0.2) is 115 Å². The summed E-state index contributed by atoms with van der Waals surface area (Å²) < 4.78 is 15.1. The van der Waals surface area contributed by atoms with E-state index in [9.17, 15) is 30.6 Å². The van der Waals surface area contributed by atoms with Crippen LogP contribution < -0.4 is 0 Å². The average Bonchev–Trinajstić information content (AvgIpc) is 2.54. The zero-order valence-corrected chi connectivity index (χ0v) is 12.0. The predicted molar refractivity (Wildman–Crippen MR) is 68.6 cm³/mol. The molecular weight excluding hydrogens is 320 g/mol. The minimum Gasteiger partial charge on any atom is -0.394 e. The summed E-state index contributed by atoms with van der Waals surface area (Å²) in [6.45, 7) is -1.34. The quantitative estimate of drug-likeness (QED) is 0.243. The van der Waals surface area contributed by atoms with E-state index in [4.69, 9.17) is 24.4 Å². The van der Waals surface area contributed by atoms with Crippen molar-refractivity contribution in [2.75, 3.05) is 13.2 Å². The van der Waals surface area contributed by atoms with Crippen LogP contribution in [-0.2, 0) is 14.2 Å². The van der Waals surface area contributed by atoms with Gasteiger partial charge in [-0.1, -0.05) is 0 Å². The molecule has 0 aromatic rings. The predicted octanol–water partition coefficient (Wildman–Crippen LogP) is -5.40. The maximum absolute atomic E-state index is 10.00. The van der Waals surface area contributed by atoms with Crippen molar-refractivity contribution in [3.05, 3.63) is 0 Å². The van der Waals surface area contributed by atoms with Gasteiger partial charge in [-0.2, -0.15) is 0 Å². The van der Waals surface area contributed by atoms with E-state index < -0.39 is 74.6 Å². The summed E-state index contributed by atoms with van der Waals surface area (Å²) in [4.78, 5) is 0. The molecule has 23 heavy (non-hydrogen) atoms. The molecule has 2 heterocycles. The molecule has 2 saturated heterocycles. The van der Waals surface area contributed by atoms with Crippen molar-refractivity contribution in [1.82, 2.24) is 0 Å². The van der Waals surface area contributed by atoms with Crippen molar-refractivity contribution in [3.63, 3.8) is 0 Å². The van der Waals surface area contributed by atoms with Crippen molar-refractivity contribution >= 4 is 0 Å². The van der Waals surface area contributed by atoms with Gasteiger partial charge >= 0.3 is 0 Å². The third kappa shape index (κ3) is 3.65. The maximum Gasteiger partial charge on any atom is 0.187 e. The zero-order chi connectivity index (χ0) is 17.3.